The van der Waals surface area contributed by atoms with Crippen LogP contribution in [0.15, 0.2) is 81.5 Å². The second-order valence-corrected chi connectivity index (χ2v) is 7.96. The number of rotatable bonds is 9. The Balaban J connectivity index is 1.33. The van der Waals surface area contributed by atoms with Crippen molar-refractivity contribution >= 4 is 41.0 Å². The Hall–Kier alpha value is -4.31. The fourth-order valence-electron chi connectivity index (χ4n) is 3.07. The van der Waals surface area contributed by atoms with Crippen LogP contribution in [-0.2, 0) is 4.79 Å². The minimum absolute atomic E-state index is 0.0886. The fourth-order valence-corrected chi connectivity index (χ4v) is 3.70. The van der Waals surface area contributed by atoms with E-state index in [0.29, 0.717) is 33.4 Å². The average molecular weight is 492 g/mol. The first-order valence-corrected chi connectivity index (χ1v) is 11.4. The molecule has 35 heavy (non-hydrogen) atoms. The third-order valence-corrected chi connectivity index (χ3v) is 5.55. The summed E-state index contributed by atoms with van der Waals surface area (Å²) < 4.78 is 21.6. The van der Waals surface area contributed by atoms with Gasteiger partial charge in [-0.05, 0) is 48.0 Å². The third kappa shape index (κ3) is 5.98. The third-order valence-electron chi connectivity index (χ3n) is 4.72. The summed E-state index contributed by atoms with van der Waals surface area (Å²) in [5, 5.41) is 4.37. The number of nitrogens with one attached hydrogen (secondary N) is 1. The summed E-state index contributed by atoms with van der Waals surface area (Å²) in [5.74, 6) is 0.166. The van der Waals surface area contributed by atoms with Gasteiger partial charge in [0.25, 0.3) is 11.1 Å². The molecule has 0 unspecified atom stereocenters. The second kappa shape index (κ2) is 11.2. The van der Waals surface area contributed by atoms with Crippen LogP contribution in [0.1, 0.15) is 15.9 Å². The zero-order chi connectivity index (χ0) is 24.6. The van der Waals surface area contributed by atoms with Crippen LogP contribution in [0.3, 0.4) is 0 Å². The molecule has 4 aromatic rings. The number of carbonyl (C=O) groups excluding carboxylic acids is 2. The van der Waals surface area contributed by atoms with E-state index in [1.807, 2.05) is 24.3 Å². The molecule has 3 aromatic carbocycles. The Morgan fingerprint density at radius 1 is 1.00 bits per heavy atom. The molecule has 0 radical (unpaired) electrons. The molecule has 1 heterocycles. The minimum atomic E-state index is -0.578. The van der Waals surface area contributed by atoms with Crippen LogP contribution in [0.25, 0.3) is 11.1 Å². The molecule has 4 rings (SSSR count). The van der Waals surface area contributed by atoms with E-state index in [1.165, 1.54) is 32.2 Å². The number of fused-ring (bicyclic) bond motifs is 1. The number of para-hydroxylation sites is 3. The molecule has 0 atom stereocenters. The Bertz CT molecular complexity index is 1350. The molecule has 0 aliphatic carbocycles. The first-order valence-electron chi connectivity index (χ1n) is 10.4. The van der Waals surface area contributed by atoms with Crippen molar-refractivity contribution in [3.8, 4) is 17.2 Å². The number of methoxy groups -OCH3 is 2. The zero-order valence-electron chi connectivity index (χ0n) is 18.9. The summed E-state index contributed by atoms with van der Waals surface area (Å²) >= 11 is 1.17. The average Bonchev–Trinajstić information content (AvgIpc) is 3.31. The summed E-state index contributed by atoms with van der Waals surface area (Å²) in [6.07, 6.45) is 1.45. The highest BCUT2D eigenvalue weighted by Crippen LogP contribution is 2.29. The van der Waals surface area contributed by atoms with Gasteiger partial charge in [-0.25, -0.2) is 15.2 Å². The van der Waals surface area contributed by atoms with Gasteiger partial charge in [-0.2, -0.15) is 5.10 Å². The van der Waals surface area contributed by atoms with Crippen LogP contribution in [0.2, 0.25) is 0 Å². The topological polar surface area (TPSA) is 112 Å². The van der Waals surface area contributed by atoms with Gasteiger partial charge in [0.2, 0.25) is 0 Å². The summed E-state index contributed by atoms with van der Waals surface area (Å²) in [4.78, 5) is 29.0. The Morgan fingerprint density at radius 3 is 2.57 bits per heavy atom. The van der Waals surface area contributed by atoms with Crippen LogP contribution < -0.4 is 19.6 Å². The smallest absolute Gasteiger partial charge is 0.347 e. The Morgan fingerprint density at radius 2 is 1.77 bits per heavy atom. The number of hydrazone groups is 1. The van der Waals surface area contributed by atoms with E-state index in [-0.39, 0.29) is 17.4 Å². The van der Waals surface area contributed by atoms with Crippen LogP contribution in [0, 0.1) is 0 Å². The van der Waals surface area contributed by atoms with Gasteiger partial charge in [0.1, 0.15) is 16.8 Å². The molecule has 1 amide bonds. The lowest BCUT2D eigenvalue weighted by molar-refractivity contribution is -0.118. The molecule has 0 saturated carbocycles. The predicted octanol–water partition coefficient (Wildman–Crippen LogP) is 4.31. The van der Waals surface area contributed by atoms with Crippen molar-refractivity contribution in [3.63, 3.8) is 0 Å². The number of hydrogen-bond donors (Lipinski definition) is 1. The van der Waals surface area contributed by atoms with Gasteiger partial charge < -0.3 is 18.6 Å². The minimum Gasteiger partial charge on any atom is -0.496 e. The summed E-state index contributed by atoms with van der Waals surface area (Å²) in [6.45, 7) is 0. The number of carbonyl (C=O) groups is 2. The van der Waals surface area contributed by atoms with Crippen molar-refractivity contribution in [2.75, 3.05) is 20.0 Å². The van der Waals surface area contributed by atoms with E-state index in [0.717, 1.165) is 5.52 Å². The molecular formula is C25H21N3O6S. The molecule has 178 valence electrons. The van der Waals surface area contributed by atoms with Crippen LogP contribution in [0.5, 0.6) is 17.2 Å². The number of esters is 1. The Labute approximate surface area is 205 Å². The maximum atomic E-state index is 12.6. The van der Waals surface area contributed by atoms with Gasteiger partial charge in [-0.1, -0.05) is 36.0 Å². The molecular weight excluding hydrogens is 470 g/mol. The highest BCUT2D eigenvalue weighted by Gasteiger charge is 2.16. The lowest BCUT2D eigenvalue weighted by Gasteiger charge is -2.11. The first-order chi connectivity index (χ1) is 17.1. The van der Waals surface area contributed by atoms with Crippen LogP contribution in [-0.4, -0.2) is 43.0 Å². The number of nitrogens with zero attached hydrogens (tertiary/aromatic N) is 2. The van der Waals surface area contributed by atoms with Gasteiger partial charge in [0.15, 0.2) is 17.1 Å². The SMILES string of the molecule is COc1cc(/C=N/NC(=O)CSc2nc3ccccc3o2)ccc1OC(=O)c1ccccc1OC. The molecule has 0 fully saturated rings. The standard InChI is InChI=1S/C25H21N3O6S/c1-31-19-9-5-3-7-17(19)24(30)33-21-12-11-16(13-22(21)32-2)14-26-28-23(29)15-35-25-27-18-8-4-6-10-20(18)34-25/h3-14H,15H2,1-2H3,(H,28,29)/b26-14+. The van der Waals surface area contributed by atoms with Gasteiger partial charge in [0, 0.05) is 0 Å². The highest BCUT2D eigenvalue weighted by molar-refractivity contribution is 7.99. The molecule has 9 nitrogen and oxygen atoms in total. The van der Waals surface area contributed by atoms with Gasteiger partial charge in [-0.3, -0.25) is 4.79 Å². The molecule has 1 aromatic heterocycles. The summed E-state index contributed by atoms with van der Waals surface area (Å²) in [5.41, 5.74) is 4.78. The van der Waals surface area contributed by atoms with E-state index in [4.69, 9.17) is 18.6 Å². The molecule has 1 N–H and O–H groups in total. The largest absolute Gasteiger partial charge is 0.496 e. The molecule has 0 aliphatic rings. The monoisotopic (exact) mass is 491 g/mol. The highest BCUT2D eigenvalue weighted by atomic mass is 32.2. The van der Waals surface area contributed by atoms with Gasteiger partial charge in [-0.15, -0.1) is 0 Å². The van der Waals surface area contributed by atoms with Crippen molar-refractivity contribution in [3.05, 3.63) is 77.9 Å². The number of aromatic nitrogens is 1. The maximum absolute atomic E-state index is 12.6. The number of oxazole rings is 1. The van der Waals surface area contributed by atoms with Crippen molar-refractivity contribution in [2.24, 2.45) is 5.10 Å². The Kier molecular flexibility index (Phi) is 7.63. The van der Waals surface area contributed by atoms with Crippen molar-refractivity contribution in [2.45, 2.75) is 5.22 Å². The van der Waals surface area contributed by atoms with E-state index < -0.39 is 5.97 Å². The second-order valence-electron chi connectivity index (χ2n) is 7.03. The number of thioether (sulfide) groups is 1. The quantitative estimate of drug-likeness (QED) is 0.121. The lowest BCUT2D eigenvalue weighted by atomic mass is 10.2. The van der Waals surface area contributed by atoms with Crippen molar-refractivity contribution in [1.29, 1.82) is 0 Å². The number of amides is 1. The van der Waals surface area contributed by atoms with Gasteiger partial charge >= 0.3 is 5.97 Å². The lowest BCUT2D eigenvalue weighted by Crippen LogP contribution is -2.19. The molecule has 10 heteroatoms. The predicted molar refractivity (Wildman–Crippen MR) is 131 cm³/mol. The van der Waals surface area contributed by atoms with E-state index in [2.05, 4.69) is 15.5 Å². The van der Waals surface area contributed by atoms with Crippen molar-refractivity contribution < 1.29 is 28.2 Å². The zero-order valence-corrected chi connectivity index (χ0v) is 19.7. The van der Waals surface area contributed by atoms with Gasteiger partial charge in [0.05, 0.1) is 26.2 Å². The van der Waals surface area contributed by atoms with E-state index >= 15 is 0 Å². The van der Waals surface area contributed by atoms with Crippen LogP contribution >= 0.6 is 11.8 Å². The summed E-state index contributed by atoms with van der Waals surface area (Å²) in [7, 11) is 2.94. The fraction of sp³-hybridized carbons (Fsp3) is 0.120. The molecule has 0 bridgehead atoms. The van der Waals surface area contributed by atoms with Crippen molar-refractivity contribution in [1.82, 2.24) is 10.4 Å². The number of ether oxygens (including phenoxy) is 3. The first kappa shape index (κ1) is 23.8. The molecule has 0 saturated heterocycles. The van der Waals surface area contributed by atoms with Crippen LogP contribution in [0.4, 0.5) is 0 Å². The summed E-state index contributed by atoms with van der Waals surface area (Å²) in [6, 6.07) is 19.0. The normalized spacial score (nSPS) is 10.9. The van der Waals surface area contributed by atoms with E-state index in [9.17, 15) is 9.59 Å². The number of hydrogen-bond acceptors (Lipinski definition) is 9. The molecule has 0 aliphatic heterocycles. The van der Waals surface area contributed by atoms with E-state index in [1.54, 1.807) is 42.5 Å². The number of benzene rings is 3. The maximum Gasteiger partial charge on any atom is 0.347 e. The molecule has 0 spiro atoms.